The second-order valence-electron chi connectivity index (χ2n) is 1.33. The molecule has 0 bridgehead atoms. The van der Waals surface area contributed by atoms with Crippen LogP contribution in [0, 0.1) is 0 Å². The first-order valence-electron chi connectivity index (χ1n) is 2.30. The van der Waals surface area contributed by atoms with Gasteiger partial charge in [-0.25, -0.2) is 0 Å². The molecule has 0 atom stereocenters. The standard InChI is InChI=1S/BH3O3.Ca.2H3O4P/c2-1(3)4;;2*1-5(2,3)4/h2-4H;;2*(H3,1,2,3,4)/q;+2;;/p-2. The van der Waals surface area contributed by atoms with Crippen LogP contribution in [0.4, 0.5) is 0 Å². The molecular formula is H7BCaO11P2. The molecule has 0 aromatic heterocycles. The maximum atomic E-state index is 8.77. The number of phosphoric acid groups is 2. The molecule has 0 aromatic rings. The topological polar surface area (TPSA) is 222 Å². The van der Waals surface area contributed by atoms with Crippen molar-refractivity contribution in [2.75, 3.05) is 0 Å². The zero-order valence-corrected chi connectivity index (χ0v) is 10.9. The van der Waals surface area contributed by atoms with Gasteiger partial charge in [-0.3, -0.25) is 9.13 Å². The van der Waals surface area contributed by atoms with Crippen molar-refractivity contribution in [3.8, 4) is 0 Å². The van der Waals surface area contributed by atoms with Gasteiger partial charge in [-0.05, 0) is 0 Å². The van der Waals surface area contributed by atoms with Crippen molar-refractivity contribution in [2.45, 2.75) is 0 Å². The molecule has 0 saturated carbocycles. The van der Waals surface area contributed by atoms with Crippen LogP contribution in [-0.4, -0.2) is 79.7 Å². The molecule has 0 aliphatic carbocycles. The Labute approximate surface area is 114 Å². The minimum Gasteiger partial charge on any atom is -0.756 e. The third-order valence-corrected chi connectivity index (χ3v) is 0. The minimum atomic E-state index is -4.89. The molecule has 88 valence electrons. The molecule has 0 radical (unpaired) electrons. The molecule has 0 saturated heterocycles. The Morgan fingerprint density at radius 3 is 0.800 bits per heavy atom. The Morgan fingerprint density at radius 1 is 0.800 bits per heavy atom. The summed E-state index contributed by atoms with van der Waals surface area (Å²) in [7, 11) is -11.9. The van der Waals surface area contributed by atoms with Crippen molar-refractivity contribution < 1.29 is 53.6 Å². The van der Waals surface area contributed by atoms with E-state index in [1.54, 1.807) is 0 Å². The van der Waals surface area contributed by atoms with Crippen LogP contribution in [0.2, 0.25) is 0 Å². The van der Waals surface area contributed by atoms with E-state index in [9.17, 15) is 0 Å². The van der Waals surface area contributed by atoms with Gasteiger partial charge in [0.15, 0.2) is 0 Å². The first-order chi connectivity index (χ1) is 5.73. The smallest absolute Gasteiger partial charge is 0.756 e. The van der Waals surface area contributed by atoms with Gasteiger partial charge in [-0.1, -0.05) is 0 Å². The van der Waals surface area contributed by atoms with E-state index >= 15 is 0 Å². The van der Waals surface area contributed by atoms with Crippen LogP contribution in [0.1, 0.15) is 0 Å². The largest absolute Gasteiger partial charge is 2.00 e. The van der Waals surface area contributed by atoms with E-state index in [4.69, 9.17) is 53.6 Å². The molecule has 0 aliphatic heterocycles. The molecule has 15 heteroatoms. The average Bonchev–Trinajstić information content (AvgIpc) is 1.45. The molecule has 0 spiro atoms. The quantitative estimate of drug-likeness (QED) is 0.165. The fourth-order valence-electron chi connectivity index (χ4n) is 0. The van der Waals surface area contributed by atoms with E-state index in [2.05, 4.69) is 0 Å². The molecule has 0 aromatic carbocycles. The van der Waals surface area contributed by atoms with Crippen molar-refractivity contribution in [2.24, 2.45) is 0 Å². The summed E-state index contributed by atoms with van der Waals surface area (Å²) in [6.45, 7) is 0. The SMILES string of the molecule is O=P([O-])(O)O.O=P([O-])(O)O.OB(O)O.[Ca+2]. The van der Waals surface area contributed by atoms with Gasteiger partial charge in [-0.2, -0.15) is 0 Å². The molecule has 7 N–H and O–H groups in total. The normalized spacial score (nSPS) is 9.67. The van der Waals surface area contributed by atoms with Crippen molar-refractivity contribution in [3.63, 3.8) is 0 Å². The third kappa shape index (κ3) is 1370. The molecule has 0 aliphatic rings. The van der Waals surface area contributed by atoms with Crippen LogP contribution in [0.15, 0.2) is 0 Å². The molecule has 0 heterocycles. The number of rotatable bonds is 0. The van der Waals surface area contributed by atoms with Crippen LogP contribution < -0.4 is 9.79 Å². The number of hydrogen-bond acceptors (Lipinski definition) is 7. The van der Waals surface area contributed by atoms with E-state index in [1.165, 1.54) is 0 Å². The van der Waals surface area contributed by atoms with Gasteiger partial charge in [0.25, 0.3) is 15.6 Å². The summed E-state index contributed by atoms with van der Waals surface area (Å²) < 4.78 is 17.5. The van der Waals surface area contributed by atoms with Crippen molar-refractivity contribution in [3.05, 3.63) is 0 Å². The van der Waals surface area contributed by atoms with Gasteiger partial charge in [0.1, 0.15) is 0 Å². The maximum Gasteiger partial charge on any atom is 2.00 e. The molecular weight excluding hydrogens is 289 g/mol. The first-order valence-corrected chi connectivity index (χ1v) is 5.37. The van der Waals surface area contributed by atoms with Crippen molar-refractivity contribution in [1.82, 2.24) is 0 Å². The Morgan fingerprint density at radius 2 is 0.800 bits per heavy atom. The van der Waals surface area contributed by atoms with E-state index in [0.29, 0.717) is 0 Å². The van der Waals surface area contributed by atoms with Gasteiger partial charge in [-0.15, -0.1) is 0 Å². The summed E-state index contributed by atoms with van der Waals surface area (Å²) in [5.74, 6) is 0. The fourth-order valence-corrected chi connectivity index (χ4v) is 0. The van der Waals surface area contributed by atoms with Crippen LogP contribution in [0.25, 0.3) is 0 Å². The Kier molecular flexibility index (Phi) is 20.1. The van der Waals surface area contributed by atoms with Gasteiger partial charge < -0.3 is 44.4 Å². The van der Waals surface area contributed by atoms with Gasteiger partial charge in [0.05, 0.1) is 0 Å². The molecule has 0 unspecified atom stereocenters. The molecule has 0 rings (SSSR count). The Hall–Kier alpha value is 1.42. The van der Waals surface area contributed by atoms with Crippen molar-refractivity contribution in [1.29, 1.82) is 0 Å². The minimum absolute atomic E-state index is 0. The second-order valence-corrected chi connectivity index (χ2v) is 3.29. The average molecular weight is 296 g/mol. The molecule has 15 heavy (non-hydrogen) atoms. The summed E-state index contributed by atoms with van der Waals surface area (Å²) >= 11 is 0. The van der Waals surface area contributed by atoms with E-state index < -0.39 is 23.0 Å². The predicted octanol–water partition coefficient (Wildman–Crippen LogP) is -5.55. The zero-order valence-electron chi connectivity index (χ0n) is 6.94. The Bertz CT molecular complexity index is 161. The molecule has 11 nitrogen and oxygen atoms in total. The molecule has 0 fully saturated rings. The first kappa shape index (κ1) is 25.3. The summed E-state index contributed by atoms with van der Waals surface area (Å²) in [4.78, 5) is 45.8. The monoisotopic (exact) mass is 296 g/mol. The van der Waals surface area contributed by atoms with E-state index in [0.717, 1.165) is 0 Å². The maximum absolute atomic E-state index is 8.77. The van der Waals surface area contributed by atoms with Crippen LogP contribution in [-0.2, 0) is 9.13 Å². The van der Waals surface area contributed by atoms with Crippen LogP contribution in [0.3, 0.4) is 0 Å². The summed E-state index contributed by atoms with van der Waals surface area (Å²) in [6, 6.07) is 0. The summed E-state index contributed by atoms with van der Waals surface area (Å²) in [5.41, 5.74) is 0. The van der Waals surface area contributed by atoms with E-state index in [1.807, 2.05) is 0 Å². The zero-order chi connectivity index (χ0) is 12.6. The summed E-state index contributed by atoms with van der Waals surface area (Å²) in [6.07, 6.45) is 0. The fraction of sp³-hybridized carbons (Fsp3) is 0. The second kappa shape index (κ2) is 11.9. The molecule has 0 amide bonds. The van der Waals surface area contributed by atoms with Crippen LogP contribution in [0.5, 0.6) is 0 Å². The number of hydrogen-bond donors (Lipinski definition) is 7. The summed E-state index contributed by atoms with van der Waals surface area (Å²) in [5, 5.41) is 21.5. The van der Waals surface area contributed by atoms with Crippen LogP contribution >= 0.6 is 15.6 Å². The Balaban J connectivity index is -0.0000000590. The third-order valence-electron chi connectivity index (χ3n) is 0. The van der Waals surface area contributed by atoms with Gasteiger partial charge >= 0.3 is 45.1 Å². The predicted molar refractivity (Wildman–Crippen MR) is 42.3 cm³/mol. The van der Waals surface area contributed by atoms with Gasteiger partial charge in [0.2, 0.25) is 0 Å². The van der Waals surface area contributed by atoms with Crippen molar-refractivity contribution >= 4 is 60.7 Å². The van der Waals surface area contributed by atoms with Gasteiger partial charge in [0, 0.05) is 0 Å². The van der Waals surface area contributed by atoms with E-state index in [-0.39, 0.29) is 37.7 Å².